The second kappa shape index (κ2) is 7.01. The number of hydrogen-bond donors (Lipinski definition) is 0. The van der Waals surface area contributed by atoms with Gasteiger partial charge in [-0.05, 0) is 59.9 Å². The molecule has 3 aliphatic rings. The minimum Gasteiger partial charge on any atom is -0.449 e. The first-order chi connectivity index (χ1) is 13.6. The van der Waals surface area contributed by atoms with Gasteiger partial charge in [-0.2, -0.15) is 5.10 Å². The first kappa shape index (κ1) is 20.7. The van der Waals surface area contributed by atoms with Gasteiger partial charge in [0, 0.05) is 24.2 Å². The summed E-state index contributed by atoms with van der Waals surface area (Å²) in [5, 5.41) is 4.83. The Kier molecular flexibility index (Phi) is 5.01. The molecule has 0 N–H and O–H groups in total. The monoisotopic (exact) mass is 403 g/mol. The summed E-state index contributed by atoms with van der Waals surface area (Å²) in [4.78, 5) is 13.9. The minimum absolute atomic E-state index is 0.161. The lowest BCUT2D eigenvalue weighted by atomic mass is 9.61. The van der Waals surface area contributed by atoms with Gasteiger partial charge < -0.3 is 18.9 Å². The lowest BCUT2D eigenvalue weighted by molar-refractivity contribution is -0.0825. The van der Waals surface area contributed by atoms with Crippen LogP contribution in [0.25, 0.3) is 0 Å². The van der Waals surface area contributed by atoms with Gasteiger partial charge in [0.15, 0.2) is 0 Å². The number of hydrogen-bond acceptors (Lipinski definition) is 5. The Labute approximate surface area is 174 Å². The van der Waals surface area contributed by atoms with Crippen LogP contribution < -0.4 is 5.59 Å². The molecule has 4 rings (SSSR count). The highest BCUT2D eigenvalue weighted by atomic mass is 16.7. The van der Waals surface area contributed by atoms with E-state index in [1.165, 1.54) is 0 Å². The largest absolute Gasteiger partial charge is 0.516 e. The number of aromatic nitrogens is 2. The molecule has 3 fully saturated rings. The normalized spacial score (nSPS) is 24.5. The molecule has 1 aromatic heterocycles. The van der Waals surface area contributed by atoms with E-state index >= 15 is 0 Å². The summed E-state index contributed by atoms with van der Waals surface area (Å²) in [7, 11) is -0.425. The van der Waals surface area contributed by atoms with E-state index in [-0.39, 0.29) is 22.7 Å². The smallest absolute Gasteiger partial charge is 0.449 e. The lowest BCUT2D eigenvalue weighted by Gasteiger charge is -2.58. The highest BCUT2D eigenvalue weighted by Gasteiger charge is 2.56. The van der Waals surface area contributed by atoms with Crippen molar-refractivity contribution in [2.24, 2.45) is 5.41 Å². The van der Waals surface area contributed by atoms with Gasteiger partial charge in [-0.25, -0.2) is 4.79 Å². The van der Waals surface area contributed by atoms with Crippen molar-refractivity contribution in [1.82, 2.24) is 14.7 Å². The number of aryl methyl sites for hydroxylation is 1. The van der Waals surface area contributed by atoms with Crippen LogP contribution in [0.4, 0.5) is 4.79 Å². The predicted molar refractivity (Wildman–Crippen MR) is 111 cm³/mol. The molecular formula is C21H34BN3O4. The highest BCUT2D eigenvalue weighted by molar-refractivity contribution is 6.61. The average Bonchev–Trinajstić information content (AvgIpc) is 3.02. The standard InChI is InChI=1S/C21H34BN3O4/c1-7-8-9-27-18(26)24-13-21(14-24)11-16(12-21)25-15(2)10-17(23-25)22-28-19(3,4)20(5,6)29-22/h10,16H,7-9,11-14H2,1-6H3. The molecule has 2 aliphatic heterocycles. The third kappa shape index (κ3) is 3.59. The maximum atomic E-state index is 12.0. The summed E-state index contributed by atoms with van der Waals surface area (Å²) in [6.45, 7) is 14.5. The van der Waals surface area contributed by atoms with Crippen molar-refractivity contribution in [3.8, 4) is 0 Å². The van der Waals surface area contributed by atoms with Crippen LogP contribution in [0.15, 0.2) is 6.07 Å². The van der Waals surface area contributed by atoms with Crippen LogP contribution in [-0.2, 0) is 14.0 Å². The van der Waals surface area contributed by atoms with E-state index in [0.717, 1.165) is 50.1 Å². The molecule has 0 bridgehead atoms. The van der Waals surface area contributed by atoms with Crippen molar-refractivity contribution in [2.45, 2.75) is 84.5 Å². The molecule has 7 nitrogen and oxygen atoms in total. The first-order valence-corrected chi connectivity index (χ1v) is 10.9. The Morgan fingerprint density at radius 2 is 1.86 bits per heavy atom. The van der Waals surface area contributed by atoms with Crippen molar-refractivity contribution in [3.63, 3.8) is 0 Å². The Bertz CT molecular complexity index is 761. The Hall–Kier alpha value is -1.54. The number of likely N-dealkylation sites (tertiary alicyclic amines) is 1. The van der Waals surface area contributed by atoms with Crippen LogP contribution in [0.3, 0.4) is 0 Å². The Morgan fingerprint density at radius 3 is 2.45 bits per heavy atom. The van der Waals surface area contributed by atoms with Crippen LogP contribution in [0, 0.1) is 12.3 Å². The Balaban J connectivity index is 1.32. The fourth-order valence-electron chi connectivity index (χ4n) is 4.62. The van der Waals surface area contributed by atoms with Gasteiger partial charge in [0.2, 0.25) is 0 Å². The van der Waals surface area contributed by atoms with E-state index in [0.29, 0.717) is 12.6 Å². The molecule has 1 aliphatic carbocycles. The van der Waals surface area contributed by atoms with Gasteiger partial charge in [0.1, 0.15) is 0 Å². The average molecular weight is 403 g/mol. The molecule has 0 aromatic carbocycles. The third-order valence-electron chi connectivity index (χ3n) is 7.15. The maximum absolute atomic E-state index is 12.0. The molecule has 0 radical (unpaired) electrons. The van der Waals surface area contributed by atoms with Crippen molar-refractivity contribution in [1.29, 1.82) is 0 Å². The van der Waals surface area contributed by atoms with Crippen LogP contribution in [-0.4, -0.2) is 58.8 Å². The van der Waals surface area contributed by atoms with E-state index < -0.39 is 7.12 Å². The van der Waals surface area contributed by atoms with Gasteiger partial charge in [-0.1, -0.05) is 13.3 Å². The highest BCUT2D eigenvalue weighted by Crippen LogP contribution is 2.54. The molecule has 1 aromatic rings. The molecule has 29 heavy (non-hydrogen) atoms. The molecule has 0 atom stereocenters. The molecule has 1 saturated carbocycles. The van der Waals surface area contributed by atoms with Crippen molar-refractivity contribution in [3.05, 3.63) is 11.8 Å². The number of rotatable bonds is 5. The number of carbonyl (C=O) groups is 1. The first-order valence-electron chi connectivity index (χ1n) is 10.9. The zero-order chi connectivity index (χ0) is 21.0. The second-order valence-corrected chi connectivity index (χ2v) is 10.1. The van der Waals surface area contributed by atoms with Gasteiger partial charge in [0.25, 0.3) is 0 Å². The van der Waals surface area contributed by atoms with Gasteiger partial charge in [0.05, 0.1) is 29.4 Å². The predicted octanol–water partition coefficient (Wildman–Crippen LogP) is 3.06. The molecule has 1 spiro atoms. The van der Waals surface area contributed by atoms with E-state index in [2.05, 4.69) is 52.3 Å². The lowest BCUT2D eigenvalue weighted by Crippen LogP contribution is -2.64. The summed E-state index contributed by atoms with van der Waals surface area (Å²) in [6, 6.07) is 2.45. The van der Waals surface area contributed by atoms with E-state index in [1.807, 2.05) is 4.90 Å². The molecule has 3 heterocycles. The minimum atomic E-state index is -0.425. The van der Waals surface area contributed by atoms with Crippen LogP contribution in [0.5, 0.6) is 0 Å². The summed E-state index contributed by atoms with van der Waals surface area (Å²) < 4.78 is 19.7. The number of nitrogens with zero attached hydrogens (tertiary/aromatic N) is 3. The van der Waals surface area contributed by atoms with E-state index in [9.17, 15) is 4.79 Å². The fourth-order valence-corrected chi connectivity index (χ4v) is 4.62. The van der Waals surface area contributed by atoms with Gasteiger partial charge in [-0.3, -0.25) is 4.68 Å². The second-order valence-electron chi connectivity index (χ2n) is 10.1. The van der Waals surface area contributed by atoms with E-state index in [1.54, 1.807) is 0 Å². The van der Waals surface area contributed by atoms with Crippen LogP contribution >= 0.6 is 0 Å². The van der Waals surface area contributed by atoms with Crippen molar-refractivity contribution in [2.75, 3.05) is 19.7 Å². The zero-order valence-corrected chi connectivity index (χ0v) is 18.7. The molecule has 0 unspecified atom stereocenters. The summed E-state index contributed by atoms with van der Waals surface area (Å²) >= 11 is 0. The summed E-state index contributed by atoms with van der Waals surface area (Å²) in [5.74, 6) is 0. The zero-order valence-electron chi connectivity index (χ0n) is 18.7. The van der Waals surface area contributed by atoms with Crippen molar-refractivity contribution >= 4 is 18.8 Å². The number of ether oxygens (including phenoxy) is 1. The summed E-state index contributed by atoms with van der Waals surface area (Å²) in [6.07, 6.45) is 3.91. The molecular weight excluding hydrogens is 369 g/mol. The summed E-state index contributed by atoms with van der Waals surface area (Å²) in [5.41, 5.74) is 1.49. The third-order valence-corrected chi connectivity index (χ3v) is 7.15. The van der Waals surface area contributed by atoms with Crippen LogP contribution in [0.2, 0.25) is 0 Å². The molecule has 160 valence electrons. The number of amides is 1. The van der Waals surface area contributed by atoms with Crippen molar-refractivity contribution < 1.29 is 18.8 Å². The molecule has 8 heteroatoms. The number of unbranched alkanes of at least 4 members (excludes halogenated alkanes) is 1. The fraction of sp³-hybridized carbons (Fsp3) is 0.810. The Morgan fingerprint density at radius 1 is 1.24 bits per heavy atom. The van der Waals surface area contributed by atoms with Gasteiger partial charge in [-0.15, -0.1) is 0 Å². The quantitative estimate of drug-likeness (QED) is 0.559. The van der Waals surface area contributed by atoms with Crippen LogP contribution in [0.1, 0.15) is 72.0 Å². The molecule has 1 amide bonds. The molecule has 2 saturated heterocycles. The number of carbonyl (C=O) groups excluding carboxylic acids is 1. The van der Waals surface area contributed by atoms with E-state index in [4.69, 9.17) is 19.1 Å². The SMILES string of the molecule is CCCCOC(=O)N1CC2(CC(n3nc(B4OC(C)(C)C(C)(C)O4)cc3C)C2)C1. The maximum Gasteiger partial charge on any atom is 0.516 e. The van der Waals surface area contributed by atoms with Gasteiger partial charge >= 0.3 is 13.2 Å². The topological polar surface area (TPSA) is 65.8 Å².